The molecule has 7 heteroatoms. The zero-order chi connectivity index (χ0) is 17.1. The number of hydrogen-bond acceptors (Lipinski definition) is 3. The molecular weight excluding hydrogens is 334 g/mol. The third kappa shape index (κ3) is 3.79. The third-order valence-corrected chi connectivity index (χ3v) is 4.95. The van der Waals surface area contributed by atoms with Crippen LogP contribution in [-0.2, 0) is 22.6 Å². The van der Waals surface area contributed by atoms with Gasteiger partial charge in [-0.25, -0.2) is 8.78 Å². The van der Waals surface area contributed by atoms with Crippen LogP contribution in [-0.4, -0.2) is 23.3 Å². The molecule has 2 aromatic rings. The van der Waals surface area contributed by atoms with Crippen LogP contribution in [0.5, 0.6) is 0 Å². The van der Waals surface area contributed by atoms with Gasteiger partial charge in [0.1, 0.15) is 11.6 Å². The van der Waals surface area contributed by atoms with E-state index in [0.29, 0.717) is 19.2 Å². The van der Waals surface area contributed by atoms with Gasteiger partial charge in [0.25, 0.3) is 0 Å². The Kier molecular flexibility index (Phi) is 4.89. The average Bonchev–Trinajstić information content (AvgIpc) is 3.03. The van der Waals surface area contributed by atoms with Gasteiger partial charge in [0.05, 0.1) is 5.69 Å². The summed E-state index contributed by atoms with van der Waals surface area (Å²) in [5, 5.41) is 4.37. The lowest BCUT2D eigenvalue weighted by Crippen LogP contribution is -2.35. The lowest BCUT2D eigenvalue weighted by atomic mass is 10.1. The molecule has 0 spiro atoms. The van der Waals surface area contributed by atoms with Crippen molar-refractivity contribution in [2.45, 2.75) is 25.8 Å². The molecule has 1 aromatic carbocycles. The van der Waals surface area contributed by atoms with E-state index in [-0.39, 0.29) is 24.4 Å². The van der Waals surface area contributed by atoms with Crippen LogP contribution >= 0.6 is 11.3 Å². The van der Waals surface area contributed by atoms with Gasteiger partial charge < -0.3 is 10.2 Å². The minimum absolute atomic E-state index is 0.0390. The molecule has 0 unspecified atom stereocenters. The second-order valence-electron chi connectivity index (χ2n) is 5.61. The number of carbonyl (C=O) groups excluding carboxylic acids is 2. The van der Waals surface area contributed by atoms with E-state index < -0.39 is 17.5 Å². The van der Waals surface area contributed by atoms with E-state index in [9.17, 15) is 18.4 Å². The summed E-state index contributed by atoms with van der Waals surface area (Å²) in [7, 11) is 0. The zero-order valence-electron chi connectivity index (χ0n) is 12.9. The maximum absolute atomic E-state index is 13.5. The van der Waals surface area contributed by atoms with Crippen LogP contribution in [0.15, 0.2) is 29.6 Å². The van der Waals surface area contributed by atoms with Crippen LogP contribution < -0.4 is 5.32 Å². The molecule has 24 heavy (non-hydrogen) atoms. The normalized spacial score (nSPS) is 13.5. The fourth-order valence-electron chi connectivity index (χ4n) is 2.64. The first-order valence-corrected chi connectivity index (χ1v) is 8.49. The Morgan fingerprint density at radius 3 is 2.83 bits per heavy atom. The van der Waals surface area contributed by atoms with Crippen molar-refractivity contribution in [3.63, 3.8) is 0 Å². The molecule has 0 bridgehead atoms. The van der Waals surface area contributed by atoms with Crippen molar-refractivity contribution < 1.29 is 18.4 Å². The van der Waals surface area contributed by atoms with E-state index in [4.69, 9.17) is 0 Å². The van der Waals surface area contributed by atoms with Crippen molar-refractivity contribution in [1.29, 1.82) is 0 Å². The van der Waals surface area contributed by atoms with Gasteiger partial charge in [0.15, 0.2) is 0 Å². The summed E-state index contributed by atoms with van der Waals surface area (Å²) in [5.41, 5.74) is 1.08. The zero-order valence-corrected chi connectivity index (χ0v) is 13.7. The quantitative estimate of drug-likeness (QED) is 0.919. The van der Waals surface area contributed by atoms with E-state index >= 15 is 0 Å². The van der Waals surface area contributed by atoms with Gasteiger partial charge in [-0.1, -0.05) is 0 Å². The minimum Gasteiger partial charge on any atom is -0.338 e. The largest absolute Gasteiger partial charge is 0.338 e. The number of fused-ring (bicyclic) bond motifs is 1. The molecule has 0 fully saturated rings. The maximum atomic E-state index is 13.5. The van der Waals surface area contributed by atoms with Crippen molar-refractivity contribution in [2.24, 2.45) is 0 Å². The molecule has 1 aromatic heterocycles. The number of benzene rings is 1. The molecule has 2 amide bonds. The maximum Gasteiger partial charge on any atom is 0.224 e. The van der Waals surface area contributed by atoms with Gasteiger partial charge >= 0.3 is 0 Å². The summed E-state index contributed by atoms with van der Waals surface area (Å²) in [5.74, 6) is -2.11. The molecule has 0 saturated carbocycles. The fraction of sp³-hybridized carbons (Fsp3) is 0.294. The highest BCUT2D eigenvalue weighted by molar-refractivity contribution is 7.10. The van der Waals surface area contributed by atoms with Gasteiger partial charge in [-0.15, -0.1) is 11.3 Å². The summed E-state index contributed by atoms with van der Waals surface area (Å²) in [6.45, 7) is 1.23. The molecule has 1 aliphatic heterocycles. The molecule has 0 radical (unpaired) electrons. The van der Waals surface area contributed by atoms with E-state index in [1.165, 1.54) is 4.88 Å². The molecular formula is C17H16F2N2O2S. The number of carbonyl (C=O) groups is 2. The highest BCUT2D eigenvalue weighted by atomic mass is 32.1. The van der Waals surface area contributed by atoms with Crippen molar-refractivity contribution >= 4 is 28.8 Å². The monoisotopic (exact) mass is 350 g/mol. The highest BCUT2D eigenvalue weighted by Crippen LogP contribution is 2.24. The Bertz CT molecular complexity index is 776. The van der Waals surface area contributed by atoms with Gasteiger partial charge in [-0.05, 0) is 35.6 Å². The van der Waals surface area contributed by atoms with E-state index in [1.807, 2.05) is 11.4 Å². The van der Waals surface area contributed by atoms with Crippen molar-refractivity contribution in [3.05, 3.63) is 51.7 Å². The molecule has 126 valence electrons. The van der Waals surface area contributed by atoms with Crippen LogP contribution in [0.3, 0.4) is 0 Å². The molecule has 0 aliphatic carbocycles. The fourth-order valence-corrected chi connectivity index (χ4v) is 3.53. The lowest BCUT2D eigenvalue weighted by molar-refractivity contribution is -0.133. The van der Waals surface area contributed by atoms with Crippen LogP contribution in [0.2, 0.25) is 0 Å². The Labute approximate surface area is 142 Å². The molecule has 4 nitrogen and oxygen atoms in total. The van der Waals surface area contributed by atoms with Crippen LogP contribution in [0, 0.1) is 11.6 Å². The first-order chi connectivity index (χ1) is 11.5. The predicted octanol–water partition coefficient (Wildman–Crippen LogP) is 3.33. The standard InChI is InChI=1S/C17H16F2N2O2S/c18-12-1-2-14(13(19)9-12)20-16(22)3-4-17(23)21-7-5-15-11(10-21)6-8-24-15/h1-2,6,8-9H,3-5,7,10H2,(H,20,22). The first kappa shape index (κ1) is 16.6. The molecule has 2 heterocycles. The van der Waals surface area contributed by atoms with Gasteiger partial charge in [-0.3, -0.25) is 9.59 Å². The summed E-state index contributed by atoms with van der Waals surface area (Å²) in [6.07, 6.45) is 0.864. The Balaban J connectivity index is 1.50. The van der Waals surface area contributed by atoms with Gasteiger partial charge in [-0.2, -0.15) is 0 Å². The van der Waals surface area contributed by atoms with Crippen LogP contribution in [0.25, 0.3) is 0 Å². The average molecular weight is 350 g/mol. The second-order valence-corrected chi connectivity index (χ2v) is 6.61. The molecule has 0 saturated heterocycles. The first-order valence-electron chi connectivity index (χ1n) is 7.61. The molecule has 1 aliphatic rings. The number of nitrogens with zero attached hydrogens (tertiary/aromatic N) is 1. The highest BCUT2D eigenvalue weighted by Gasteiger charge is 2.21. The number of anilines is 1. The summed E-state index contributed by atoms with van der Waals surface area (Å²) < 4.78 is 26.3. The number of hydrogen-bond donors (Lipinski definition) is 1. The van der Waals surface area contributed by atoms with Gasteiger partial charge in [0, 0.05) is 36.9 Å². The summed E-state index contributed by atoms with van der Waals surface area (Å²) in [4.78, 5) is 27.1. The molecule has 3 rings (SSSR count). The minimum atomic E-state index is -0.837. The molecule has 1 N–H and O–H groups in total. The van der Waals surface area contributed by atoms with Crippen LogP contribution in [0.1, 0.15) is 23.3 Å². The Hall–Kier alpha value is -2.28. The second kappa shape index (κ2) is 7.09. The number of amides is 2. The van der Waals surface area contributed by atoms with Crippen LogP contribution in [0.4, 0.5) is 14.5 Å². The molecule has 0 atom stereocenters. The number of thiophene rings is 1. The lowest BCUT2D eigenvalue weighted by Gasteiger charge is -2.27. The van der Waals surface area contributed by atoms with Gasteiger partial charge in [0.2, 0.25) is 11.8 Å². The van der Waals surface area contributed by atoms with E-state index in [0.717, 1.165) is 24.1 Å². The topological polar surface area (TPSA) is 49.4 Å². The van der Waals surface area contributed by atoms with E-state index in [1.54, 1.807) is 16.2 Å². The van der Waals surface area contributed by atoms with Crippen molar-refractivity contribution in [3.8, 4) is 0 Å². The van der Waals surface area contributed by atoms with E-state index in [2.05, 4.69) is 5.32 Å². The number of nitrogens with one attached hydrogen (secondary N) is 1. The Morgan fingerprint density at radius 1 is 1.21 bits per heavy atom. The summed E-state index contributed by atoms with van der Waals surface area (Å²) >= 11 is 1.70. The summed E-state index contributed by atoms with van der Waals surface area (Å²) in [6, 6.07) is 4.94. The number of rotatable bonds is 4. The third-order valence-electron chi connectivity index (χ3n) is 3.93. The van der Waals surface area contributed by atoms with Crippen molar-refractivity contribution in [1.82, 2.24) is 4.90 Å². The predicted molar refractivity (Wildman–Crippen MR) is 87.7 cm³/mol. The Morgan fingerprint density at radius 2 is 2.04 bits per heavy atom. The van der Waals surface area contributed by atoms with Crippen molar-refractivity contribution in [2.75, 3.05) is 11.9 Å². The smallest absolute Gasteiger partial charge is 0.224 e. The SMILES string of the molecule is O=C(CCC(=O)N1CCc2sccc2C1)Nc1ccc(F)cc1F. The number of halogens is 2.